The molecule has 22 heavy (non-hydrogen) atoms. The molecule has 0 aliphatic heterocycles. The van der Waals surface area contributed by atoms with Gasteiger partial charge in [0, 0.05) is 6.20 Å². The number of nitrogens with two attached hydrogens (primary N) is 1. The standard InChI is InChI=1S/C17H23N3O2/c1-17(2,3)13-6-8-14(9-7-13)21-11-12-22-15-5-4-10-19-16(15)20-18/h4-10H,11-12,18H2,1-3H3,(H,19,20). The molecular formula is C17H23N3O2. The zero-order chi connectivity index (χ0) is 16.0. The third-order valence-electron chi connectivity index (χ3n) is 3.24. The lowest BCUT2D eigenvalue weighted by Gasteiger charge is -2.19. The van der Waals surface area contributed by atoms with E-state index in [1.54, 1.807) is 18.3 Å². The fourth-order valence-corrected chi connectivity index (χ4v) is 1.98. The summed E-state index contributed by atoms with van der Waals surface area (Å²) in [5.74, 6) is 7.32. The van der Waals surface area contributed by atoms with Crippen LogP contribution in [0.5, 0.6) is 11.5 Å². The van der Waals surface area contributed by atoms with Crippen molar-refractivity contribution < 1.29 is 9.47 Å². The molecule has 0 spiro atoms. The third kappa shape index (κ3) is 4.36. The number of hydrogen-bond acceptors (Lipinski definition) is 5. The van der Waals surface area contributed by atoms with Crippen LogP contribution >= 0.6 is 0 Å². The molecule has 0 radical (unpaired) electrons. The first-order valence-corrected chi connectivity index (χ1v) is 7.28. The fraction of sp³-hybridized carbons (Fsp3) is 0.353. The van der Waals surface area contributed by atoms with E-state index in [0.29, 0.717) is 24.8 Å². The van der Waals surface area contributed by atoms with E-state index in [1.807, 2.05) is 12.1 Å². The monoisotopic (exact) mass is 301 g/mol. The van der Waals surface area contributed by atoms with Crippen LogP contribution in [-0.2, 0) is 5.41 Å². The number of aromatic nitrogens is 1. The largest absolute Gasteiger partial charge is 0.490 e. The number of nitrogens with one attached hydrogen (secondary N) is 1. The maximum atomic E-state index is 5.67. The first kappa shape index (κ1) is 16.1. The molecular weight excluding hydrogens is 278 g/mol. The zero-order valence-corrected chi connectivity index (χ0v) is 13.3. The molecule has 5 nitrogen and oxygen atoms in total. The van der Waals surface area contributed by atoms with Gasteiger partial charge in [0.25, 0.3) is 0 Å². The highest BCUT2D eigenvalue weighted by molar-refractivity contribution is 5.48. The van der Waals surface area contributed by atoms with Gasteiger partial charge in [0.2, 0.25) is 0 Å². The smallest absolute Gasteiger partial charge is 0.182 e. The normalized spacial score (nSPS) is 11.1. The highest BCUT2D eigenvalue weighted by atomic mass is 16.5. The Bertz CT molecular complexity index is 592. The molecule has 1 aromatic carbocycles. The number of nitrogens with zero attached hydrogens (tertiary/aromatic N) is 1. The summed E-state index contributed by atoms with van der Waals surface area (Å²) in [5.41, 5.74) is 3.93. The third-order valence-corrected chi connectivity index (χ3v) is 3.24. The van der Waals surface area contributed by atoms with Crippen molar-refractivity contribution in [3.63, 3.8) is 0 Å². The Morgan fingerprint density at radius 1 is 1.05 bits per heavy atom. The molecule has 0 aliphatic rings. The minimum atomic E-state index is 0.146. The Morgan fingerprint density at radius 3 is 2.36 bits per heavy atom. The van der Waals surface area contributed by atoms with Crippen molar-refractivity contribution in [3.05, 3.63) is 48.2 Å². The summed E-state index contributed by atoms with van der Waals surface area (Å²) in [4.78, 5) is 4.06. The lowest BCUT2D eigenvalue weighted by atomic mass is 9.87. The molecule has 0 unspecified atom stereocenters. The van der Waals surface area contributed by atoms with Crippen LogP contribution in [0, 0.1) is 0 Å². The van der Waals surface area contributed by atoms with E-state index in [9.17, 15) is 0 Å². The van der Waals surface area contributed by atoms with Crippen LogP contribution in [0.1, 0.15) is 26.3 Å². The maximum absolute atomic E-state index is 5.67. The summed E-state index contributed by atoms with van der Waals surface area (Å²) in [6.07, 6.45) is 1.65. The van der Waals surface area contributed by atoms with Crippen LogP contribution < -0.4 is 20.7 Å². The van der Waals surface area contributed by atoms with Crippen molar-refractivity contribution in [2.45, 2.75) is 26.2 Å². The van der Waals surface area contributed by atoms with Crippen molar-refractivity contribution >= 4 is 5.82 Å². The van der Waals surface area contributed by atoms with Gasteiger partial charge < -0.3 is 14.9 Å². The second-order valence-corrected chi connectivity index (χ2v) is 5.97. The lowest BCUT2D eigenvalue weighted by Crippen LogP contribution is -2.14. The van der Waals surface area contributed by atoms with Crippen molar-refractivity contribution in [2.24, 2.45) is 5.84 Å². The predicted octanol–water partition coefficient (Wildman–Crippen LogP) is 3.12. The summed E-state index contributed by atoms with van der Waals surface area (Å²) >= 11 is 0. The molecule has 0 atom stereocenters. The first-order valence-electron chi connectivity index (χ1n) is 7.28. The Hall–Kier alpha value is -2.27. The van der Waals surface area contributed by atoms with Crippen molar-refractivity contribution in [2.75, 3.05) is 18.6 Å². The molecule has 118 valence electrons. The summed E-state index contributed by atoms with van der Waals surface area (Å²) in [7, 11) is 0. The van der Waals surface area contributed by atoms with Gasteiger partial charge in [-0.1, -0.05) is 32.9 Å². The second-order valence-electron chi connectivity index (χ2n) is 5.97. The number of anilines is 1. The van der Waals surface area contributed by atoms with Crippen LogP contribution in [-0.4, -0.2) is 18.2 Å². The fourth-order valence-electron chi connectivity index (χ4n) is 1.98. The predicted molar refractivity (Wildman–Crippen MR) is 88.2 cm³/mol. The van der Waals surface area contributed by atoms with Gasteiger partial charge in [0.05, 0.1) is 0 Å². The molecule has 3 N–H and O–H groups in total. The topological polar surface area (TPSA) is 69.4 Å². The molecule has 0 saturated carbocycles. The van der Waals surface area contributed by atoms with E-state index >= 15 is 0 Å². The number of nitrogen functional groups attached to an aromatic ring is 1. The molecule has 1 heterocycles. The number of hydrogen-bond donors (Lipinski definition) is 2. The van der Waals surface area contributed by atoms with Gasteiger partial charge >= 0.3 is 0 Å². The molecule has 0 bridgehead atoms. The van der Waals surface area contributed by atoms with Crippen molar-refractivity contribution in [3.8, 4) is 11.5 Å². The van der Waals surface area contributed by atoms with E-state index in [0.717, 1.165) is 5.75 Å². The average Bonchev–Trinajstić information content (AvgIpc) is 2.51. The van der Waals surface area contributed by atoms with E-state index in [2.05, 4.69) is 43.3 Å². The number of rotatable bonds is 6. The number of pyridine rings is 1. The van der Waals surface area contributed by atoms with Gasteiger partial charge in [-0.05, 0) is 35.2 Å². The number of benzene rings is 1. The number of hydrazine groups is 1. The van der Waals surface area contributed by atoms with Gasteiger partial charge in [0.1, 0.15) is 19.0 Å². The SMILES string of the molecule is CC(C)(C)c1ccc(OCCOc2cccnc2NN)cc1. The Labute approximate surface area is 131 Å². The Balaban J connectivity index is 1.82. The Morgan fingerprint density at radius 2 is 1.73 bits per heavy atom. The van der Waals surface area contributed by atoms with Crippen molar-refractivity contribution in [1.82, 2.24) is 4.98 Å². The van der Waals surface area contributed by atoms with Crippen LogP contribution in [0.15, 0.2) is 42.6 Å². The minimum absolute atomic E-state index is 0.146. The van der Waals surface area contributed by atoms with E-state index in [-0.39, 0.29) is 5.41 Å². The average molecular weight is 301 g/mol. The summed E-state index contributed by atoms with van der Waals surface area (Å²) in [5, 5.41) is 0. The van der Waals surface area contributed by atoms with Crippen LogP contribution in [0.2, 0.25) is 0 Å². The summed E-state index contributed by atoms with van der Waals surface area (Å²) < 4.78 is 11.3. The van der Waals surface area contributed by atoms with E-state index in [1.165, 1.54) is 5.56 Å². The van der Waals surface area contributed by atoms with Crippen LogP contribution in [0.25, 0.3) is 0 Å². The zero-order valence-electron chi connectivity index (χ0n) is 13.3. The van der Waals surface area contributed by atoms with Crippen LogP contribution in [0.3, 0.4) is 0 Å². The van der Waals surface area contributed by atoms with Gasteiger partial charge in [0.15, 0.2) is 11.6 Å². The Kier molecular flexibility index (Phi) is 5.22. The summed E-state index contributed by atoms with van der Waals surface area (Å²) in [6.45, 7) is 7.43. The molecule has 5 heteroatoms. The van der Waals surface area contributed by atoms with E-state index in [4.69, 9.17) is 15.3 Å². The number of ether oxygens (including phenoxy) is 2. The summed E-state index contributed by atoms with van der Waals surface area (Å²) in [6, 6.07) is 11.7. The molecule has 0 fully saturated rings. The first-order chi connectivity index (χ1) is 10.5. The highest BCUT2D eigenvalue weighted by Crippen LogP contribution is 2.24. The van der Waals surface area contributed by atoms with Gasteiger partial charge in [-0.2, -0.15) is 0 Å². The molecule has 0 amide bonds. The quantitative estimate of drug-likeness (QED) is 0.487. The molecule has 2 aromatic rings. The second kappa shape index (κ2) is 7.13. The maximum Gasteiger partial charge on any atom is 0.182 e. The molecule has 1 aromatic heterocycles. The lowest BCUT2D eigenvalue weighted by molar-refractivity contribution is 0.217. The van der Waals surface area contributed by atoms with Gasteiger partial charge in [-0.15, -0.1) is 0 Å². The van der Waals surface area contributed by atoms with E-state index < -0.39 is 0 Å². The molecule has 0 saturated heterocycles. The van der Waals surface area contributed by atoms with Gasteiger partial charge in [-0.3, -0.25) is 0 Å². The van der Waals surface area contributed by atoms with Crippen molar-refractivity contribution in [1.29, 1.82) is 0 Å². The molecule has 2 rings (SSSR count). The molecule has 0 aliphatic carbocycles. The highest BCUT2D eigenvalue weighted by Gasteiger charge is 2.12. The van der Waals surface area contributed by atoms with Crippen LogP contribution in [0.4, 0.5) is 5.82 Å². The minimum Gasteiger partial charge on any atom is -0.490 e. The van der Waals surface area contributed by atoms with Gasteiger partial charge in [-0.25, -0.2) is 10.8 Å².